The van der Waals surface area contributed by atoms with E-state index in [4.69, 9.17) is 4.74 Å². The van der Waals surface area contributed by atoms with Crippen LogP contribution in [0.15, 0.2) is 36.9 Å². The van der Waals surface area contributed by atoms with Gasteiger partial charge in [-0.3, -0.25) is 24.2 Å². The van der Waals surface area contributed by atoms with Crippen molar-refractivity contribution in [2.45, 2.75) is 32.1 Å². The first kappa shape index (κ1) is 19.2. The number of aromatic nitrogens is 4. The van der Waals surface area contributed by atoms with Gasteiger partial charge in [0.15, 0.2) is 0 Å². The number of hydrogen-bond acceptors (Lipinski definition) is 6. The molecule has 0 bridgehead atoms. The van der Waals surface area contributed by atoms with Gasteiger partial charge in [0.1, 0.15) is 5.78 Å². The summed E-state index contributed by atoms with van der Waals surface area (Å²) >= 11 is 0. The number of hydrogen-bond donors (Lipinski definition) is 0. The molecule has 3 heterocycles. The van der Waals surface area contributed by atoms with Gasteiger partial charge in [0.2, 0.25) is 0 Å². The quantitative estimate of drug-likeness (QED) is 0.620. The first-order valence-corrected chi connectivity index (χ1v) is 9.87. The van der Waals surface area contributed by atoms with Gasteiger partial charge in [0.25, 0.3) is 0 Å². The number of carbonyl (C=O) groups excluding carboxylic acids is 2. The maximum absolute atomic E-state index is 12.8. The van der Waals surface area contributed by atoms with E-state index in [0.717, 1.165) is 40.6 Å². The number of nitrogens with zero attached hydrogens (tertiary/aromatic N) is 4. The molecule has 0 radical (unpaired) electrons. The molecule has 1 aliphatic carbocycles. The minimum absolute atomic E-state index is 0.00624. The molecule has 0 aromatic carbocycles. The average molecular weight is 392 g/mol. The van der Waals surface area contributed by atoms with Crippen molar-refractivity contribution in [1.82, 2.24) is 19.7 Å². The molecule has 1 aliphatic rings. The number of esters is 1. The van der Waals surface area contributed by atoms with Crippen LogP contribution in [0.5, 0.6) is 0 Å². The van der Waals surface area contributed by atoms with Crippen LogP contribution in [-0.4, -0.2) is 38.6 Å². The SMILES string of the molecule is COC(=O)C1CCC(C(=O)Cc2cc3cc(-c4cnn(C)c4)cnc3cn2)CC1. The zero-order chi connectivity index (χ0) is 20.4. The summed E-state index contributed by atoms with van der Waals surface area (Å²) in [7, 11) is 3.30. The van der Waals surface area contributed by atoms with Crippen molar-refractivity contribution in [2.24, 2.45) is 18.9 Å². The molecule has 3 aromatic rings. The lowest BCUT2D eigenvalue weighted by Gasteiger charge is -2.25. The van der Waals surface area contributed by atoms with Crippen LogP contribution in [0.4, 0.5) is 0 Å². The Morgan fingerprint density at radius 1 is 1.03 bits per heavy atom. The van der Waals surface area contributed by atoms with Gasteiger partial charge in [-0.2, -0.15) is 5.10 Å². The average Bonchev–Trinajstić information content (AvgIpc) is 3.19. The van der Waals surface area contributed by atoms with E-state index in [2.05, 4.69) is 21.1 Å². The smallest absolute Gasteiger partial charge is 0.308 e. The molecule has 150 valence electrons. The molecular weight excluding hydrogens is 368 g/mol. The molecule has 7 nitrogen and oxygen atoms in total. The van der Waals surface area contributed by atoms with E-state index in [9.17, 15) is 9.59 Å². The summed E-state index contributed by atoms with van der Waals surface area (Å²) in [6, 6.07) is 4.00. The highest BCUT2D eigenvalue weighted by atomic mass is 16.5. The fraction of sp³-hybridized carbons (Fsp3) is 0.409. The molecule has 0 amide bonds. The van der Waals surface area contributed by atoms with Gasteiger partial charge in [0, 0.05) is 54.0 Å². The number of ketones is 1. The molecule has 0 atom stereocenters. The fourth-order valence-corrected chi connectivity index (χ4v) is 4.04. The van der Waals surface area contributed by atoms with Crippen molar-refractivity contribution < 1.29 is 14.3 Å². The van der Waals surface area contributed by atoms with E-state index in [1.165, 1.54) is 7.11 Å². The monoisotopic (exact) mass is 392 g/mol. The molecule has 7 heteroatoms. The van der Waals surface area contributed by atoms with E-state index in [-0.39, 0.29) is 23.6 Å². The van der Waals surface area contributed by atoms with Crippen LogP contribution in [0.1, 0.15) is 31.4 Å². The Bertz CT molecular complexity index is 1050. The lowest BCUT2D eigenvalue weighted by molar-refractivity contribution is -0.147. The molecule has 0 spiro atoms. The van der Waals surface area contributed by atoms with Crippen molar-refractivity contribution in [3.8, 4) is 11.1 Å². The molecule has 0 aliphatic heterocycles. The summed E-state index contributed by atoms with van der Waals surface area (Å²) < 4.78 is 6.57. The van der Waals surface area contributed by atoms with Crippen LogP contribution < -0.4 is 0 Å². The van der Waals surface area contributed by atoms with Crippen molar-refractivity contribution in [2.75, 3.05) is 7.11 Å². The number of carbonyl (C=O) groups is 2. The summed E-state index contributed by atoms with van der Waals surface area (Å²) in [5, 5.41) is 5.16. The highest BCUT2D eigenvalue weighted by Gasteiger charge is 2.30. The number of ether oxygens (including phenoxy) is 1. The first-order chi connectivity index (χ1) is 14.0. The van der Waals surface area contributed by atoms with Gasteiger partial charge in [-0.25, -0.2) is 0 Å². The third kappa shape index (κ3) is 4.18. The zero-order valence-electron chi connectivity index (χ0n) is 16.7. The lowest BCUT2D eigenvalue weighted by Crippen LogP contribution is -2.27. The Kier molecular flexibility index (Phi) is 5.38. The second kappa shape index (κ2) is 8.11. The van der Waals surface area contributed by atoms with Gasteiger partial charge >= 0.3 is 5.97 Å². The Morgan fingerprint density at radius 3 is 2.48 bits per heavy atom. The summed E-state index contributed by atoms with van der Waals surface area (Å²) in [5.74, 6) is -0.0476. The van der Waals surface area contributed by atoms with E-state index in [1.54, 1.807) is 17.1 Å². The van der Waals surface area contributed by atoms with Crippen LogP contribution >= 0.6 is 0 Å². The molecular formula is C22H24N4O3. The van der Waals surface area contributed by atoms with E-state index in [1.807, 2.05) is 25.5 Å². The summed E-state index contributed by atoms with van der Waals surface area (Å²) in [5.41, 5.74) is 3.53. The number of aryl methyl sites for hydroxylation is 1. The lowest BCUT2D eigenvalue weighted by atomic mass is 9.79. The first-order valence-electron chi connectivity index (χ1n) is 9.87. The molecule has 1 fully saturated rings. The van der Waals surface area contributed by atoms with Gasteiger partial charge in [-0.15, -0.1) is 0 Å². The standard InChI is InChI=1S/C22H24N4O3/c1-26-13-18(11-25-26)17-7-16-8-19(23-12-20(16)24-10-17)9-21(27)14-3-5-15(6-4-14)22(28)29-2/h7-8,10-15H,3-6,9H2,1-2H3. The second-order valence-corrected chi connectivity index (χ2v) is 7.71. The van der Waals surface area contributed by atoms with Crippen molar-refractivity contribution >= 4 is 22.7 Å². The van der Waals surface area contributed by atoms with Crippen LogP contribution in [0.25, 0.3) is 22.0 Å². The number of fused-ring (bicyclic) bond motifs is 1. The fourth-order valence-electron chi connectivity index (χ4n) is 4.04. The minimum Gasteiger partial charge on any atom is -0.469 e. The third-order valence-electron chi connectivity index (χ3n) is 5.73. The number of methoxy groups -OCH3 is 1. The van der Waals surface area contributed by atoms with Gasteiger partial charge in [-0.05, 0) is 37.8 Å². The predicted molar refractivity (Wildman–Crippen MR) is 108 cm³/mol. The van der Waals surface area contributed by atoms with Crippen LogP contribution in [0.3, 0.4) is 0 Å². The Labute approximate surface area is 169 Å². The number of pyridine rings is 2. The van der Waals surface area contributed by atoms with Gasteiger partial charge < -0.3 is 4.74 Å². The number of rotatable bonds is 5. The Balaban J connectivity index is 1.46. The van der Waals surface area contributed by atoms with Crippen molar-refractivity contribution in [3.05, 3.63) is 42.6 Å². The molecule has 0 unspecified atom stereocenters. The summed E-state index contributed by atoms with van der Waals surface area (Å²) in [6.07, 6.45) is 10.5. The normalized spacial score (nSPS) is 19.2. The maximum Gasteiger partial charge on any atom is 0.308 e. The minimum atomic E-state index is -0.163. The van der Waals surface area contributed by atoms with Crippen molar-refractivity contribution in [1.29, 1.82) is 0 Å². The molecule has 29 heavy (non-hydrogen) atoms. The van der Waals surface area contributed by atoms with E-state index < -0.39 is 0 Å². The predicted octanol–water partition coefficient (Wildman–Crippen LogP) is 3.12. The van der Waals surface area contributed by atoms with E-state index in [0.29, 0.717) is 19.3 Å². The molecule has 0 N–H and O–H groups in total. The summed E-state index contributed by atoms with van der Waals surface area (Å²) in [6.45, 7) is 0. The Morgan fingerprint density at radius 2 is 1.79 bits per heavy atom. The highest BCUT2D eigenvalue weighted by Crippen LogP contribution is 2.31. The molecule has 3 aromatic heterocycles. The molecule has 1 saturated carbocycles. The zero-order valence-corrected chi connectivity index (χ0v) is 16.7. The van der Waals surface area contributed by atoms with E-state index >= 15 is 0 Å². The van der Waals surface area contributed by atoms with Crippen LogP contribution in [0, 0.1) is 11.8 Å². The Hall–Kier alpha value is -3.09. The maximum atomic E-state index is 12.8. The van der Waals surface area contributed by atoms with Crippen LogP contribution in [-0.2, 0) is 27.8 Å². The summed E-state index contributed by atoms with van der Waals surface area (Å²) in [4.78, 5) is 33.3. The highest BCUT2D eigenvalue weighted by molar-refractivity contribution is 5.86. The second-order valence-electron chi connectivity index (χ2n) is 7.71. The topological polar surface area (TPSA) is 87.0 Å². The molecule has 0 saturated heterocycles. The van der Waals surface area contributed by atoms with Crippen molar-refractivity contribution in [3.63, 3.8) is 0 Å². The van der Waals surface area contributed by atoms with Crippen LogP contribution in [0.2, 0.25) is 0 Å². The third-order valence-corrected chi connectivity index (χ3v) is 5.73. The van der Waals surface area contributed by atoms with Gasteiger partial charge in [-0.1, -0.05) is 0 Å². The van der Waals surface area contributed by atoms with Gasteiger partial charge in [0.05, 0.1) is 30.9 Å². The number of Topliss-reactive ketones (excluding diaryl/α,β-unsaturated/α-hetero) is 1. The largest absolute Gasteiger partial charge is 0.469 e. The molecule has 4 rings (SSSR count).